The average Bonchev–Trinajstić information content (AvgIpc) is 3.14. The molecule has 2 aliphatic heterocycles. The van der Waals surface area contributed by atoms with E-state index in [9.17, 15) is 4.79 Å². The topological polar surface area (TPSA) is 53.9 Å². The Morgan fingerprint density at radius 2 is 2.07 bits per heavy atom. The van der Waals surface area contributed by atoms with Gasteiger partial charge in [0.15, 0.2) is 0 Å². The molecule has 0 aliphatic carbocycles. The molecule has 4 aromatic rings. The summed E-state index contributed by atoms with van der Waals surface area (Å²) >= 11 is 0. The van der Waals surface area contributed by atoms with Gasteiger partial charge in [-0.1, -0.05) is 37.3 Å². The molecule has 29 heavy (non-hydrogen) atoms. The van der Waals surface area contributed by atoms with E-state index < -0.39 is 0 Å². The largest absolute Gasteiger partial charge is 0.321 e. The van der Waals surface area contributed by atoms with E-state index in [4.69, 9.17) is 4.98 Å². The Kier molecular flexibility index (Phi) is 3.68. The predicted molar refractivity (Wildman–Crippen MR) is 115 cm³/mol. The number of benzene rings is 2. The Morgan fingerprint density at radius 3 is 2.97 bits per heavy atom. The van der Waals surface area contributed by atoms with Crippen LogP contribution in [0.2, 0.25) is 0 Å². The summed E-state index contributed by atoms with van der Waals surface area (Å²) in [6.07, 6.45) is 3.11. The van der Waals surface area contributed by atoms with Gasteiger partial charge < -0.3 is 9.55 Å². The summed E-state index contributed by atoms with van der Waals surface area (Å²) < 4.78 is 2.32. The van der Waals surface area contributed by atoms with Crippen molar-refractivity contribution in [1.29, 1.82) is 0 Å². The van der Waals surface area contributed by atoms with Crippen LogP contribution in [0.5, 0.6) is 0 Å². The highest BCUT2D eigenvalue weighted by atomic mass is 16.1. The molecule has 2 aromatic heterocycles. The molecule has 2 bridgehead atoms. The molecule has 6 rings (SSSR count). The minimum absolute atomic E-state index is 0.0103. The van der Waals surface area contributed by atoms with E-state index in [0.717, 1.165) is 59.3 Å². The highest BCUT2D eigenvalue weighted by Gasteiger charge is 2.39. The van der Waals surface area contributed by atoms with Crippen LogP contribution in [0.3, 0.4) is 0 Å². The second-order valence-electron chi connectivity index (χ2n) is 8.33. The standard InChI is InChI=1S/C24H24N4O/c1-2-15-7-5-8-16-13-18(23(29)26-21(15)16)24-27-12-6-9-17(14-27)22-25-19-10-3-4-11-20(19)28(22)24/h3-5,7-8,10-11,13,17,24H,2,6,9,12,14H2,1H3,(H,26,29)/t17-,24-/m0/s1. The lowest BCUT2D eigenvalue weighted by Crippen LogP contribution is -2.47. The highest BCUT2D eigenvalue weighted by molar-refractivity contribution is 5.82. The molecule has 146 valence electrons. The van der Waals surface area contributed by atoms with Crippen molar-refractivity contribution >= 4 is 21.9 Å². The number of imidazole rings is 1. The van der Waals surface area contributed by atoms with E-state index in [1.54, 1.807) is 0 Å². The van der Waals surface area contributed by atoms with E-state index in [1.165, 1.54) is 12.0 Å². The molecule has 1 saturated heterocycles. The number of para-hydroxylation sites is 3. The Balaban J connectivity index is 1.64. The molecule has 1 unspecified atom stereocenters. The fourth-order valence-electron chi connectivity index (χ4n) is 5.34. The van der Waals surface area contributed by atoms with Crippen LogP contribution in [0.25, 0.3) is 21.9 Å². The van der Waals surface area contributed by atoms with Crippen molar-refractivity contribution in [2.75, 3.05) is 13.1 Å². The number of aromatic nitrogens is 3. The van der Waals surface area contributed by atoms with Crippen LogP contribution in [0, 0.1) is 0 Å². The molecule has 0 saturated carbocycles. The van der Waals surface area contributed by atoms with Crippen molar-refractivity contribution in [2.45, 2.75) is 38.3 Å². The van der Waals surface area contributed by atoms with Crippen LogP contribution in [-0.4, -0.2) is 32.5 Å². The molecule has 1 fully saturated rings. The van der Waals surface area contributed by atoms with Crippen LogP contribution < -0.4 is 5.56 Å². The number of hydrogen-bond donors (Lipinski definition) is 1. The summed E-state index contributed by atoms with van der Waals surface area (Å²) in [7, 11) is 0. The van der Waals surface area contributed by atoms with Crippen LogP contribution in [0.4, 0.5) is 0 Å². The zero-order valence-electron chi connectivity index (χ0n) is 16.6. The van der Waals surface area contributed by atoms with Gasteiger partial charge in [0.25, 0.3) is 5.56 Å². The van der Waals surface area contributed by atoms with Gasteiger partial charge in [-0.05, 0) is 48.4 Å². The van der Waals surface area contributed by atoms with Crippen LogP contribution >= 0.6 is 0 Å². The quantitative estimate of drug-likeness (QED) is 0.564. The molecule has 4 heterocycles. The smallest absolute Gasteiger partial charge is 0.255 e. The van der Waals surface area contributed by atoms with Gasteiger partial charge >= 0.3 is 0 Å². The van der Waals surface area contributed by atoms with Gasteiger partial charge in [-0.3, -0.25) is 9.69 Å². The first-order valence-corrected chi connectivity index (χ1v) is 10.6. The Morgan fingerprint density at radius 1 is 1.17 bits per heavy atom. The van der Waals surface area contributed by atoms with E-state index in [2.05, 4.69) is 63.8 Å². The number of nitrogens with one attached hydrogen (secondary N) is 1. The molecule has 0 amide bonds. The van der Waals surface area contributed by atoms with Gasteiger partial charge in [-0.25, -0.2) is 4.98 Å². The zero-order valence-corrected chi connectivity index (χ0v) is 16.6. The van der Waals surface area contributed by atoms with Gasteiger partial charge in [0.1, 0.15) is 12.0 Å². The van der Waals surface area contributed by atoms with Crippen molar-refractivity contribution in [1.82, 2.24) is 19.4 Å². The molecule has 5 nitrogen and oxygen atoms in total. The lowest BCUT2D eigenvalue weighted by atomic mass is 9.92. The number of rotatable bonds is 2. The number of H-pyrrole nitrogens is 1. The molecule has 0 radical (unpaired) electrons. The van der Waals surface area contributed by atoms with Gasteiger partial charge in [0.05, 0.1) is 22.1 Å². The molecular formula is C24H24N4O. The molecule has 5 heteroatoms. The maximum atomic E-state index is 13.3. The summed E-state index contributed by atoms with van der Waals surface area (Å²) in [5.41, 5.74) is 5.11. The molecule has 1 N–H and O–H groups in total. The molecule has 0 spiro atoms. The first-order chi connectivity index (χ1) is 14.2. The lowest BCUT2D eigenvalue weighted by molar-refractivity contribution is 0.0953. The van der Waals surface area contributed by atoms with E-state index in [0.29, 0.717) is 5.92 Å². The van der Waals surface area contributed by atoms with Gasteiger partial charge in [0.2, 0.25) is 0 Å². The Bertz CT molecular complexity index is 1300. The Labute approximate surface area is 169 Å². The maximum Gasteiger partial charge on any atom is 0.255 e. The predicted octanol–water partition coefficient (Wildman–Crippen LogP) is 4.18. The van der Waals surface area contributed by atoms with Crippen LogP contribution in [0.1, 0.15) is 48.8 Å². The number of pyridine rings is 1. The van der Waals surface area contributed by atoms with Crippen molar-refractivity contribution in [3.63, 3.8) is 0 Å². The number of piperidine rings is 1. The van der Waals surface area contributed by atoms with Crippen molar-refractivity contribution in [3.8, 4) is 0 Å². The van der Waals surface area contributed by atoms with Crippen LogP contribution in [0.15, 0.2) is 53.3 Å². The zero-order chi connectivity index (χ0) is 19.5. The van der Waals surface area contributed by atoms with E-state index in [1.807, 2.05) is 6.07 Å². The Hall–Kier alpha value is -2.92. The summed E-state index contributed by atoms with van der Waals surface area (Å²) in [5, 5.41) is 1.10. The van der Waals surface area contributed by atoms with Crippen molar-refractivity contribution in [3.05, 3.63) is 75.8 Å². The highest BCUT2D eigenvalue weighted by Crippen LogP contribution is 2.41. The monoisotopic (exact) mass is 384 g/mol. The maximum absolute atomic E-state index is 13.3. The summed E-state index contributed by atoms with van der Waals surface area (Å²) in [4.78, 5) is 24.0. The van der Waals surface area contributed by atoms with Crippen molar-refractivity contribution in [2.24, 2.45) is 0 Å². The lowest BCUT2D eigenvalue weighted by Gasteiger charge is -2.44. The van der Waals surface area contributed by atoms with E-state index >= 15 is 0 Å². The third kappa shape index (κ3) is 2.43. The fourth-order valence-corrected chi connectivity index (χ4v) is 5.34. The first kappa shape index (κ1) is 17.0. The molecule has 2 aromatic carbocycles. The SMILES string of the molecule is CCc1cccc2cc([C@H]3N4CCC[C@@H](C4)c4nc5ccccc5n43)c(=O)[nH]c12. The van der Waals surface area contributed by atoms with E-state index in [-0.39, 0.29) is 11.7 Å². The number of aromatic amines is 1. The van der Waals surface area contributed by atoms with Crippen LogP contribution in [-0.2, 0) is 6.42 Å². The van der Waals surface area contributed by atoms with Crippen molar-refractivity contribution < 1.29 is 0 Å². The minimum Gasteiger partial charge on any atom is -0.321 e. The second kappa shape index (κ2) is 6.29. The molecular weight excluding hydrogens is 360 g/mol. The number of nitrogens with zero attached hydrogens (tertiary/aromatic N) is 3. The number of hydrogen-bond acceptors (Lipinski definition) is 3. The third-order valence-corrected chi connectivity index (χ3v) is 6.69. The second-order valence-corrected chi connectivity index (χ2v) is 8.33. The van der Waals surface area contributed by atoms with Gasteiger partial charge in [-0.2, -0.15) is 0 Å². The summed E-state index contributed by atoms with van der Waals surface area (Å²) in [6, 6.07) is 16.7. The average molecular weight is 384 g/mol. The number of fused-ring (bicyclic) bond motifs is 7. The molecule has 2 aliphatic rings. The molecule has 3 atom stereocenters. The summed E-state index contributed by atoms with van der Waals surface area (Å²) in [6.45, 7) is 4.11. The van der Waals surface area contributed by atoms with Gasteiger partial charge in [0, 0.05) is 19.0 Å². The third-order valence-electron chi connectivity index (χ3n) is 6.69. The minimum atomic E-state index is -0.104. The fraction of sp³-hybridized carbons (Fsp3) is 0.333. The summed E-state index contributed by atoms with van der Waals surface area (Å²) in [5.74, 6) is 1.58. The van der Waals surface area contributed by atoms with Gasteiger partial charge in [-0.15, -0.1) is 0 Å². The number of aryl methyl sites for hydroxylation is 1. The first-order valence-electron chi connectivity index (χ1n) is 10.6. The normalized spacial score (nSPS) is 23.4.